The maximum atomic E-state index is 12.9. The molecular formula is C22H27N3O4S. The zero-order valence-electron chi connectivity index (χ0n) is 17.4. The number of Topliss-reactive ketones (excluding diaryl/α,β-unsaturated/α-hetero) is 1. The average Bonchev–Trinajstić information content (AvgIpc) is 3.12. The lowest BCUT2D eigenvalue weighted by Crippen LogP contribution is -2.35. The first-order valence-corrected chi connectivity index (χ1v) is 12.0. The van der Waals surface area contributed by atoms with Crippen LogP contribution in [0.4, 0.5) is 0 Å². The molecule has 4 rings (SSSR count). The first kappa shape index (κ1) is 20.9. The van der Waals surface area contributed by atoms with E-state index in [1.54, 1.807) is 16.4 Å². The molecule has 0 saturated carbocycles. The number of benzene rings is 1. The summed E-state index contributed by atoms with van der Waals surface area (Å²) in [7, 11) is -3.43. The van der Waals surface area contributed by atoms with Crippen molar-refractivity contribution in [3.05, 3.63) is 46.3 Å². The summed E-state index contributed by atoms with van der Waals surface area (Å²) in [6.45, 7) is 4.95. The number of sulfonamides is 1. The Morgan fingerprint density at radius 2 is 1.87 bits per heavy atom. The minimum Gasteiger partial charge on any atom is -0.336 e. The summed E-state index contributed by atoms with van der Waals surface area (Å²) in [6.07, 6.45) is 4.40. The van der Waals surface area contributed by atoms with Crippen LogP contribution in [0.5, 0.6) is 0 Å². The molecule has 1 fully saturated rings. The molecule has 7 nitrogen and oxygen atoms in total. The Balaban J connectivity index is 1.47. The molecule has 0 spiro atoms. The molecule has 0 amide bonds. The van der Waals surface area contributed by atoms with Crippen LogP contribution in [-0.4, -0.2) is 42.8 Å². The normalized spacial score (nSPS) is 19.9. The summed E-state index contributed by atoms with van der Waals surface area (Å²) in [4.78, 5) is 17.7. The van der Waals surface area contributed by atoms with Crippen molar-refractivity contribution in [2.45, 2.75) is 63.3 Å². The van der Waals surface area contributed by atoms with Gasteiger partial charge in [0, 0.05) is 25.1 Å². The van der Waals surface area contributed by atoms with Crippen LogP contribution in [0.1, 0.15) is 50.3 Å². The lowest BCUT2D eigenvalue weighted by molar-refractivity contribution is -0.114. The van der Waals surface area contributed by atoms with Crippen LogP contribution in [0.3, 0.4) is 0 Å². The average molecular weight is 430 g/mol. The first-order chi connectivity index (χ1) is 14.4. The smallest absolute Gasteiger partial charge is 0.254 e. The van der Waals surface area contributed by atoms with E-state index in [1.165, 1.54) is 0 Å². The third-order valence-electron chi connectivity index (χ3n) is 5.84. The highest BCUT2D eigenvalue weighted by Crippen LogP contribution is 2.22. The van der Waals surface area contributed by atoms with Gasteiger partial charge in [-0.3, -0.25) is 4.79 Å². The minimum atomic E-state index is -3.43. The molecule has 2 aliphatic rings. The Kier molecular flexibility index (Phi) is 5.88. The number of carbonyl (C=O) groups excluding carboxylic acids is 1. The third-order valence-corrected chi connectivity index (χ3v) is 7.75. The molecular weight excluding hydrogens is 402 g/mol. The summed E-state index contributed by atoms with van der Waals surface area (Å²) in [5, 5.41) is 4.69. The predicted molar refractivity (Wildman–Crippen MR) is 112 cm³/mol. The second kappa shape index (κ2) is 8.43. The summed E-state index contributed by atoms with van der Waals surface area (Å²) < 4.78 is 32.4. The molecule has 0 radical (unpaired) electrons. The van der Waals surface area contributed by atoms with Gasteiger partial charge in [0.1, 0.15) is 0 Å². The highest BCUT2D eigenvalue weighted by atomic mass is 32.2. The molecule has 2 aliphatic heterocycles. The van der Waals surface area contributed by atoms with Gasteiger partial charge in [0.05, 0.1) is 21.8 Å². The van der Waals surface area contributed by atoms with Crippen LogP contribution >= 0.6 is 0 Å². The van der Waals surface area contributed by atoms with Gasteiger partial charge in [-0.05, 0) is 57.2 Å². The van der Waals surface area contributed by atoms with E-state index in [2.05, 4.69) is 10.1 Å². The van der Waals surface area contributed by atoms with Gasteiger partial charge in [-0.25, -0.2) is 13.4 Å². The van der Waals surface area contributed by atoms with Crippen LogP contribution in [0, 0.1) is 6.92 Å². The van der Waals surface area contributed by atoms with Crippen LogP contribution in [0.2, 0.25) is 0 Å². The second-order valence-corrected chi connectivity index (χ2v) is 10.1. The van der Waals surface area contributed by atoms with E-state index in [0.717, 1.165) is 35.6 Å². The molecule has 1 saturated heterocycles. The Labute approximate surface area is 176 Å². The maximum Gasteiger partial charge on any atom is 0.254 e. The largest absolute Gasteiger partial charge is 0.336 e. The van der Waals surface area contributed by atoms with Crippen molar-refractivity contribution >= 4 is 21.4 Å². The Morgan fingerprint density at radius 3 is 2.57 bits per heavy atom. The molecule has 1 aromatic carbocycles. The Hall–Kier alpha value is -2.32. The van der Waals surface area contributed by atoms with E-state index in [0.29, 0.717) is 48.5 Å². The second-order valence-electron chi connectivity index (χ2n) is 8.14. The maximum absolute atomic E-state index is 12.9. The lowest BCUT2D eigenvalue weighted by atomic mass is 9.95. The summed E-state index contributed by atoms with van der Waals surface area (Å²) in [5.74, 6) is 0.0642. The highest BCUT2D eigenvalue weighted by molar-refractivity contribution is 7.89. The molecule has 8 heteroatoms. The molecule has 1 unspecified atom stereocenters. The van der Waals surface area contributed by atoms with Crippen molar-refractivity contribution in [2.75, 3.05) is 13.1 Å². The molecule has 3 heterocycles. The van der Waals surface area contributed by atoms with Gasteiger partial charge >= 0.3 is 0 Å². The monoisotopic (exact) mass is 429 g/mol. The third kappa shape index (κ3) is 4.11. The fourth-order valence-corrected chi connectivity index (χ4v) is 5.70. The van der Waals surface area contributed by atoms with E-state index in [1.807, 2.05) is 26.0 Å². The van der Waals surface area contributed by atoms with Crippen molar-refractivity contribution in [3.8, 4) is 0 Å². The van der Waals surface area contributed by atoms with Crippen LogP contribution < -0.4 is 10.8 Å². The SMILES string of the molecule is Cc1noc2c1=C(C(=O)CCc1ccc(S(=O)(=O)N3CCCCC3)cc1)CC(C)N=2. The predicted octanol–water partition coefficient (Wildman–Crippen LogP) is 1.92. The van der Waals surface area contributed by atoms with Gasteiger partial charge in [0.15, 0.2) is 5.78 Å². The fraction of sp³-hybridized carbons (Fsp3) is 0.500. The molecule has 0 bridgehead atoms. The number of nitrogens with zero attached hydrogens (tertiary/aromatic N) is 3. The molecule has 0 aliphatic carbocycles. The van der Waals surface area contributed by atoms with Crippen LogP contribution in [0.15, 0.2) is 38.7 Å². The van der Waals surface area contributed by atoms with Crippen molar-refractivity contribution < 1.29 is 17.7 Å². The Morgan fingerprint density at radius 1 is 1.17 bits per heavy atom. The quantitative estimate of drug-likeness (QED) is 0.699. The van der Waals surface area contributed by atoms with Crippen LogP contribution in [0.25, 0.3) is 5.57 Å². The van der Waals surface area contributed by atoms with Gasteiger partial charge in [-0.2, -0.15) is 4.31 Å². The zero-order chi connectivity index (χ0) is 21.3. The topological polar surface area (TPSA) is 92.8 Å². The van der Waals surface area contributed by atoms with Gasteiger partial charge < -0.3 is 4.52 Å². The Bertz CT molecular complexity index is 1160. The number of piperidine rings is 1. The molecule has 30 heavy (non-hydrogen) atoms. The van der Waals surface area contributed by atoms with E-state index in [9.17, 15) is 13.2 Å². The van der Waals surface area contributed by atoms with E-state index in [-0.39, 0.29) is 11.8 Å². The molecule has 0 N–H and O–H groups in total. The standard InChI is InChI=1S/C22H27N3O4S/c1-15-14-19(21-16(2)24-29-22(21)23-15)20(26)11-8-17-6-9-18(10-7-17)30(27,28)25-12-4-3-5-13-25/h6-7,9-10,15H,3-5,8,11-14H2,1-2H3. The van der Waals surface area contributed by atoms with Crippen molar-refractivity contribution in [1.82, 2.24) is 9.46 Å². The lowest BCUT2D eigenvalue weighted by Gasteiger charge is -2.25. The molecule has 160 valence electrons. The van der Waals surface area contributed by atoms with Gasteiger partial charge in [0.2, 0.25) is 10.0 Å². The van der Waals surface area contributed by atoms with E-state index < -0.39 is 10.0 Å². The van der Waals surface area contributed by atoms with Gasteiger partial charge in [0.25, 0.3) is 5.55 Å². The van der Waals surface area contributed by atoms with Crippen molar-refractivity contribution in [1.29, 1.82) is 0 Å². The summed E-state index contributed by atoms with van der Waals surface area (Å²) in [5.41, 5.74) is 2.81. The van der Waals surface area contributed by atoms with E-state index in [4.69, 9.17) is 4.52 Å². The fourth-order valence-electron chi connectivity index (χ4n) is 4.18. The number of aromatic nitrogens is 1. The number of fused-ring (bicyclic) bond motifs is 1. The van der Waals surface area contributed by atoms with Crippen molar-refractivity contribution in [2.24, 2.45) is 4.99 Å². The molecule has 1 aromatic heterocycles. The number of carbonyl (C=O) groups is 1. The van der Waals surface area contributed by atoms with Gasteiger partial charge in [-0.15, -0.1) is 0 Å². The van der Waals surface area contributed by atoms with E-state index >= 15 is 0 Å². The minimum absolute atomic E-state index is 0.0110. The number of aryl methyl sites for hydroxylation is 2. The van der Waals surface area contributed by atoms with Crippen LogP contribution in [-0.2, 0) is 21.2 Å². The number of hydrogen-bond donors (Lipinski definition) is 0. The van der Waals surface area contributed by atoms with Gasteiger partial charge in [-0.1, -0.05) is 23.7 Å². The van der Waals surface area contributed by atoms with Crippen molar-refractivity contribution in [3.63, 3.8) is 0 Å². The zero-order valence-corrected chi connectivity index (χ0v) is 18.2. The molecule has 2 aromatic rings. The highest BCUT2D eigenvalue weighted by Gasteiger charge is 2.26. The number of hydrogen-bond acceptors (Lipinski definition) is 6. The first-order valence-electron chi connectivity index (χ1n) is 10.5. The number of ketones is 1. The molecule has 1 atom stereocenters. The number of rotatable bonds is 6. The summed E-state index contributed by atoms with van der Waals surface area (Å²) >= 11 is 0. The summed E-state index contributed by atoms with van der Waals surface area (Å²) in [6, 6.07) is 6.91.